The number of carbonyl (C=O) groups is 1. The Balaban J connectivity index is 2.30. The van der Waals surface area contributed by atoms with Crippen LogP contribution in [0.4, 0.5) is 11.5 Å². The molecule has 21 heavy (non-hydrogen) atoms. The van der Waals surface area contributed by atoms with Gasteiger partial charge in [-0.25, -0.2) is 4.98 Å². The number of rotatable bonds is 3. The predicted molar refractivity (Wildman–Crippen MR) is 86.6 cm³/mol. The zero-order valence-corrected chi connectivity index (χ0v) is 12.9. The molecule has 4 heteroatoms. The summed E-state index contributed by atoms with van der Waals surface area (Å²) in [6.07, 6.45) is 0. The topological polar surface area (TPSA) is 68.0 Å². The summed E-state index contributed by atoms with van der Waals surface area (Å²) in [4.78, 5) is 16.7. The van der Waals surface area contributed by atoms with Crippen molar-refractivity contribution < 1.29 is 4.79 Å². The maximum atomic E-state index is 12.4. The normalized spacial score (nSPS) is 10.7. The van der Waals surface area contributed by atoms with Crippen molar-refractivity contribution in [3.8, 4) is 0 Å². The zero-order valence-electron chi connectivity index (χ0n) is 12.9. The van der Waals surface area contributed by atoms with Crippen LogP contribution < -0.4 is 11.1 Å². The average molecular weight is 283 g/mol. The number of nitrogen functional groups attached to an aromatic ring is 1. The fraction of sp³-hybridized carbons (Fsp3) is 0.294. The van der Waals surface area contributed by atoms with Gasteiger partial charge in [0.25, 0.3) is 5.91 Å². The maximum Gasteiger partial charge on any atom is 0.255 e. The lowest BCUT2D eigenvalue weighted by atomic mass is 10.1. The van der Waals surface area contributed by atoms with Crippen LogP contribution in [-0.4, -0.2) is 10.9 Å². The molecule has 0 saturated carbocycles. The average Bonchev–Trinajstić information content (AvgIpc) is 2.42. The number of aromatic nitrogens is 1. The first-order chi connectivity index (χ1) is 9.86. The van der Waals surface area contributed by atoms with Gasteiger partial charge in [0, 0.05) is 16.9 Å². The summed E-state index contributed by atoms with van der Waals surface area (Å²) in [6, 6.07) is 9.37. The van der Waals surface area contributed by atoms with Crippen molar-refractivity contribution in [1.29, 1.82) is 0 Å². The van der Waals surface area contributed by atoms with Crippen LogP contribution in [-0.2, 0) is 0 Å². The third-order valence-electron chi connectivity index (χ3n) is 3.36. The number of aryl methyl sites for hydroxylation is 2. The number of anilines is 2. The van der Waals surface area contributed by atoms with Crippen molar-refractivity contribution in [1.82, 2.24) is 4.98 Å². The summed E-state index contributed by atoms with van der Waals surface area (Å²) in [5, 5.41) is 2.94. The number of carbonyl (C=O) groups excluding carboxylic acids is 1. The molecule has 1 aromatic carbocycles. The monoisotopic (exact) mass is 283 g/mol. The number of nitrogens with one attached hydrogen (secondary N) is 1. The minimum atomic E-state index is -0.167. The van der Waals surface area contributed by atoms with Crippen LogP contribution in [0.15, 0.2) is 30.3 Å². The van der Waals surface area contributed by atoms with E-state index in [0.29, 0.717) is 11.4 Å². The molecule has 2 rings (SSSR count). The standard InChI is InChI=1S/C17H21N3O/c1-10(2)14-8-13(9-16(18)19-14)17(21)20-15-7-11(3)5-6-12(15)4/h5-10H,1-4H3,(H2,18,19)(H,20,21). The van der Waals surface area contributed by atoms with Crippen LogP contribution in [0, 0.1) is 13.8 Å². The molecule has 4 nitrogen and oxygen atoms in total. The smallest absolute Gasteiger partial charge is 0.255 e. The SMILES string of the molecule is Cc1ccc(C)c(NC(=O)c2cc(N)nc(C(C)C)c2)c1. The van der Waals surface area contributed by atoms with Crippen LogP contribution in [0.3, 0.4) is 0 Å². The minimum Gasteiger partial charge on any atom is -0.384 e. The molecule has 1 amide bonds. The van der Waals surface area contributed by atoms with E-state index in [-0.39, 0.29) is 11.8 Å². The van der Waals surface area contributed by atoms with Gasteiger partial charge in [-0.05, 0) is 49.1 Å². The van der Waals surface area contributed by atoms with Gasteiger partial charge in [0.2, 0.25) is 0 Å². The van der Waals surface area contributed by atoms with Crippen molar-refractivity contribution in [2.24, 2.45) is 0 Å². The van der Waals surface area contributed by atoms with Crippen molar-refractivity contribution in [2.45, 2.75) is 33.6 Å². The fourth-order valence-corrected chi connectivity index (χ4v) is 2.07. The molecule has 0 fully saturated rings. The Morgan fingerprint density at radius 3 is 2.57 bits per heavy atom. The van der Waals surface area contributed by atoms with Gasteiger partial charge >= 0.3 is 0 Å². The van der Waals surface area contributed by atoms with Gasteiger partial charge in [0.15, 0.2) is 0 Å². The second kappa shape index (κ2) is 5.95. The predicted octanol–water partition coefficient (Wildman–Crippen LogP) is 3.66. The highest BCUT2D eigenvalue weighted by molar-refractivity contribution is 6.05. The summed E-state index contributed by atoms with van der Waals surface area (Å²) in [6.45, 7) is 8.01. The third-order valence-corrected chi connectivity index (χ3v) is 3.36. The van der Waals surface area contributed by atoms with E-state index in [9.17, 15) is 4.79 Å². The maximum absolute atomic E-state index is 12.4. The number of pyridine rings is 1. The van der Waals surface area contributed by atoms with Gasteiger partial charge < -0.3 is 11.1 Å². The van der Waals surface area contributed by atoms with Crippen LogP contribution in [0.25, 0.3) is 0 Å². The molecule has 1 aromatic heterocycles. The largest absolute Gasteiger partial charge is 0.384 e. The molecule has 0 unspecified atom stereocenters. The van der Waals surface area contributed by atoms with Crippen molar-refractivity contribution in [3.05, 3.63) is 52.7 Å². The molecule has 0 saturated heterocycles. The van der Waals surface area contributed by atoms with E-state index in [4.69, 9.17) is 5.73 Å². The molecule has 0 spiro atoms. The van der Waals surface area contributed by atoms with E-state index in [1.165, 1.54) is 0 Å². The molecule has 2 aromatic rings. The minimum absolute atomic E-state index is 0.167. The molecule has 0 aliphatic heterocycles. The van der Waals surface area contributed by atoms with Gasteiger partial charge in [-0.15, -0.1) is 0 Å². The van der Waals surface area contributed by atoms with E-state index in [1.807, 2.05) is 45.9 Å². The van der Waals surface area contributed by atoms with Crippen LogP contribution in [0.1, 0.15) is 46.9 Å². The van der Waals surface area contributed by atoms with Crippen LogP contribution >= 0.6 is 0 Å². The lowest BCUT2D eigenvalue weighted by Gasteiger charge is -2.12. The molecule has 0 aliphatic carbocycles. The van der Waals surface area contributed by atoms with Crippen molar-refractivity contribution in [3.63, 3.8) is 0 Å². The van der Waals surface area contributed by atoms with Crippen LogP contribution in [0.5, 0.6) is 0 Å². The number of amides is 1. The summed E-state index contributed by atoms with van der Waals surface area (Å²) in [7, 11) is 0. The highest BCUT2D eigenvalue weighted by atomic mass is 16.1. The second-order valence-electron chi connectivity index (χ2n) is 5.63. The first-order valence-electron chi connectivity index (χ1n) is 7.03. The Bertz CT molecular complexity index is 678. The van der Waals surface area contributed by atoms with E-state index < -0.39 is 0 Å². The summed E-state index contributed by atoms with van der Waals surface area (Å²) < 4.78 is 0. The molecule has 110 valence electrons. The molecular formula is C17H21N3O. The molecule has 0 radical (unpaired) electrons. The van der Waals surface area contributed by atoms with E-state index in [0.717, 1.165) is 22.5 Å². The highest BCUT2D eigenvalue weighted by Crippen LogP contribution is 2.20. The number of nitrogens with two attached hydrogens (primary N) is 1. The van der Waals surface area contributed by atoms with E-state index in [1.54, 1.807) is 12.1 Å². The Morgan fingerprint density at radius 1 is 1.19 bits per heavy atom. The molecule has 3 N–H and O–H groups in total. The Morgan fingerprint density at radius 2 is 1.90 bits per heavy atom. The summed E-state index contributed by atoms with van der Waals surface area (Å²) >= 11 is 0. The van der Waals surface area contributed by atoms with Gasteiger partial charge in [-0.1, -0.05) is 26.0 Å². The third kappa shape index (κ3) is 3.60. The number of nitrogens with zero attached hydrogens (tertiary/aromatic N) is 1. The van der Waals surface area contributed by atoms with Gasteiger partial charge in [0.1, 0.15) is 5.82 Å². The Kier molecular flexibility index (Phi) is 4.26. The van der Waals surface area contributed by atoms with Gasteiger partial charge in [0.05, 0.1) is 0 Å². The van der Waals surface area contributed by atoms with E-state index in [2.05, 4.69) is 10.3 Å². The Hall–Kier alpha value is -2.36. The quantitative estimate of drug-likeness (QED) is 0.903. The van der Waals surface area contributed by atoms with Crippen molar-refractivity contribution in [2.75, 3.05) is 11.1 Å². The lowest BCUT2D eigenvalue weighted by Crippen LogP contribution is -2.14. The number of hydrogen-bond acceptors (Lipinski definition) is 3. The first-order valence-corrected chi connectivity index (χ1v) is 7.03. The number of hydrogen-bond donors (Lipinski definition) is 2. The molecule has 0 atom stereocenters. The molecular weight excluding hydrogens is 262 g/mol. The fourth-order valence-electron chi connectivity index (χ4n) is 2.07. The van der Waals surface area contributed by atoms with E-state index >= 15 is 0 Å². The van der Waals surface area contributed by atoms with Crippen LogP contribution in [0.2, 0.25) is 0 Å². The van der Waals surface area contributed by atoms with Crippen molar-refractivity contribution >= 4 is 17.4 Å². The first kappa shape index (κ1) is 15.0. The zero-order chi connectivity index (χ0) is 15.6. The van der Waals surface area contributed by atoms with Gasteiger partial charge in [-0.3, -0.25) is 4.79 Å². The Labute approximate surface area is 125 Å². The highest BCUT2D eigenvalue weighted by Gasteiger charge is 2.12. The molecule has 0 aliphatic rings. The molecule has 1 heterocycles. The summed E-state index contributed by atoms with van der Waals surface area (Å²) in [5.41, 5.74) is 10.1. The van der Waals surface area contributed by atoms with Gasteiger partial charge in [-0.2, -0.15) is 0 Å². The summed E-state index contributed by atoms with van der Waals surface area (Å²) in [5.74, 6) is 0.424. The second-order valence-corrected chi connectivity index (χ2v) is 5.63. The number of benzene rings is 1. The molecule has 0 bridgehead atoms. The lowest BCUT2D eigenvalue weighted by molar-refractivity contribution is 0.102.